The van der Waals surface area contributed by atoms with Crippen molar-refractivity contribution in [3.8, 4) is 0 Å². The third-order valence-electron chi connectivity index (χ3n) is 4.21. The van der Waals surface area contributed by atoms with Crippen LogP contribution in [0.15, 0.2) is 6.33 Å². The zero-order chi connectivity index (χ0) is 13.2. The molecule has 3 rings (SSSR count). The van der Waals surface area contributed by atoms with Crippen LogP contribution in [0.2, 0.25) is 0 Å². The second kappa shape index (κ2) is 5.35. The minimum absolute atomic E-state index is 0.648. The lowest BCUT2D eigenvalue weighted by molar-refractivity contribution is 0.564. The first kappa shape index (κ1) is 12.7. The minimum Gasteiger partial charge on any atom is -0.370 e. The largest absolute Gasteiger partial charge is 0.370 e. The summed E-state index contributed by atoms with van der Waals surface area (Å²) in [5, 5.41) is 7.07. The summed E-state index contributed by atoms with van der Waals surface area (Å²) in [6.07, 6.45) is 8.20. The first-order valence-electron chi connectivity index (χ1n) is 7.67. The van der Waals surface area contributed by atoms with Gasteiger partial charge in [0.2, 0.25) is 0 Å². The van der Waals surface area contributed by atoms with Gasteiger partial charge < -0.3 is 10.6 Å². The van der Waals surface area contributed by atoms with Gasteiger partial charge in [-0.15, -0.1) is 0 Å². The third-order valence-corrected chi connectivity index (χ3v) is 4.21. The Bertz CT molecular complexity index is 426. The van der Waals surface area contributed by atoms with Crippen molar-refractivity contribution in [1.29, 1.82) is 0 Å². The quantitative estimate of drug-likeness (QED) is 0.791. The van der Waals surface area contributed by atoms with Gasteiger partial charge in [-0.25, -0.2) is 9.97 Å². The van der Waals surface area contributed by atoms with Gasteiger partial charge in [-0.05, 0) is 50.9 Å². The van der Waals surface area contributed by atoms with Crippen molar-refractivity contribution >= 4 is 11.6 Å². The second-order valence-corrected chi connectivity index (χ2v) is 5.78. The van der Waals surface area contributed by atoms with Gasteiger partial charge in [0, 0.05) is 18.2 Å². The van der Waals surface area contributed by atoms with Crippen molar-refractivity contribution in [2.24, 2.45) is 11.8 Å². The molecule has 2 saturated carbocycles. The smallest absolute Gasteiger partial charge is 0.134 e. The normalized spacial score (nSPS) is 18.7. The first-order chi connectivity index (χ1) is 9.33. The van der Waals surface area contributed by atoms with Crippen LogP contribution < -0.4 is 10.6 Å². The summed E-state index contributed by atoms with van der Waals surface area (Å²) in [5.74, 6) is 3.81. The van der Waals surface area contributed by atoms with Crippen molar-refractivity contribution in [2.75, 3.05) is 17.2 Å². The molecule has 2 aliphatic rings. The summed E-state index contributed by atoms with van der Waals surface area (Å²) in [4.78, 5) is 8.86. The summed E-state index contributed by atoms with van der Waals surface area (Å²) in [5.41, 5.74) is 1.23. The molecule has 4 heteroatoms. The summed E-state index contributed by atoms with van der Waals surface area (Å²) in [6.45, 7) is 5.18. The van der Waals surface area contributed by atoms with Gasteiger partial charge in [-0.2, -0.15) is 0 Å². The van der Waals surface area contributed by atoms with Crippen LogP contribution in [0, 0.1) is 11.8 Å². The summed E-state index contributed by atoms with van der Waals surface area (Å²) in [7, 11) is 0. The maximum atomic E-state index is 4.49. The van der Waals surface area contributed by atoms with Crippen LogP contribution >= 0.6 is 0 Å². The van der Waals surface area contributed by atoms with E-state index in [9.17, 15) is 0 Å². The maximum absolute atomic E-state index is 4.49. The van der Waals surface area contributed by atoms with Gasteiger partial charge in [0.25, 0.3) is 0 Å². The molecule has 1 aromatic rings. The molecule has 0 unspecified atom stereocenters. The van der Waals surface area contributed by atoms with E-state index >= 15 is 0 Å². The van der Waals surface area contributed by atoms with Gasteiger partial charge in [0.15, 0.2) is 0 Å². The predicted octanol–water partition coefficient (Wildman–Crippen LogP) is 3.07. The van der Waals surface area contributed by atoms with Crippen molar-refractivity contribution < 1.29 is 0 Å². The van der Waals surface area contributed by atoms with Crippen molar-refractivity contribution in [1.82, 2.24) is 9.97 Å². The Morgan fingerprint density at radius 2 is 1.74 bits per heavy atom. The highest BCUT2D eigenvalue weighted by Crippen LogP contribution is 2.46. The molecule has 2 fully saturated rings. The topological polar surface area (TPSA) is 49.8 Å². The first-order valence-corrected chi connectivity index (χ1v) is 7.67. The second-order valence-electron chi connectivity index (χ2n) is 5.78. The van der Waals surface area contributed by atoms with Crippen molar-refractivity contribution in [3.63, 3.8) is 0 Å². The zero-order valence-electron chi connectivity index (χ0n) is 11.9. The molecule has 0 saturated heterocycles. The summed E-state index contributed by atoms with van der Waals surface area (Å²) >= 11 is 0. The van der Waals surface area contributed by atoms with E-state index in [0.29, 0.717) is 6.04 Å². The number of nitrogens with zero attached hydrogens (tertiary/aromatic N) is 2. The fraction of sp³-hybridized carbons (Fsp3) is 0.733. The molecule has 0 spiro atoms. The number of aromatic nitrogens is 2. The van der Waals surface area contributed by atoms with Crippen LogP contribution in [0.4, 0.5) is 11.6 Å². The van der Waals surface area contributed by atoms with E-state index in [1.54, 1.807) is 6.33 Å². The Balaban J connectivity index is 1.80. The highest BCUT2D eigenvalue weighted by atomic mass is 15.1. The minimum atomic E-state index is 0.648. The summed E-state index contributed by atoms with van der Waals surface area (Å²) in [6, 6.07) is 0.648. The van der Waals surface area contributed by atoms with Gasteiger partial charge in [0.05, 0.1) is 0 Å². The average molecular weight is 260 g/mol. The molecular weight excluding hydrogens is 236 g/mol. The van der Waals surface area contributed by atoms with E-state index < -0.39 is 0 Å². The van der Waals surface area contributed by atoms with Gasteiger partial charge in [-0.3, -0.25) is 0 Å². The number of rotatable bonds is 7. The Kier molecular flexibility index (Phi) is 3.58. The molecule has 0 atom stereocenters. The van der Waals surface area contributed by atoms with Gasteiger partial charge >= 0.3 is 0 Å². The van der Waals surface area contributed by atoms with E-state index in [2.05, 4.69) is 34.4 Å². The molecule has 19 heavy (non-hydrogen) atoms. The fourth-order valence-electron chi connectivity index (χ4n) is 2.88. The van der Waals surface area contributed by atoms with Crippen LogP contribution in [0.5, 0.6) is 0 Å². The number of hydrogen-bond donors (Lipinski definition) is 2. The van der Waals surface area contributed by atoms with E-state index in [-0.39, 0.29) is 0 Å². The molecule has 4 nitrogen and oxygen atoms in total. The molecule has 2 aliphatic carbocycles. The lowest BCUT2D eigenvalue weighted by Gasteiger charge is -2.21. The van der Waals surface area contributed by atoms with Crippen molar-refractivity contribution in [3.05, 3.63) is 11.9 Å². The molecule has 104 valence electrons. The molecule has 0 aliphatic heterocycles. The van der Waals surface area contributed by atoms with E-state index in [0.717, 1.165) is 36.4 Å². The predicted molar refractivity (Wildman–Crippen MR) is 78.4 cm³/mol. The van der Waals surface area contributed by atoms with Crippen LogP contribution in [-0.2, 0) is 6.42 Å². The van der Waals surface area contributed by atoms with E-state index in [1.165, 1.54) is 31.2 Å². The average Bonchev–Trinajstić information content (AvgIpc) is 3.29. The molecule has 0 amide bonds. The monoisotopic (exact) mass is 260 g/mol. The number of nitrogens with one attached hydrogen (secondary N) is 2. The highest BCUT2D eigenvalue weighted by molar-refractivity contribution is 5.58. The van der Waals surface area contributed by atoms with Crippen LogP contribution in [0.1, 0.15) is 45.1 Å². The van der Waals surface area contributed by atoms with E-state index in [4.69, 9.17) is 0 Å². The van der Waals surface area contributed by atoms with Gasteiger partial charge in [-0.1, -0.05) is 6.92 Å². The number of anilines is 2. The Morgan fingerprint density at radius 1 is 1.11 bits per heavy atom. The Labute approximate surface area is 115 Å². The SMILES string of the molecule is CCNc1ncnc(NC(C2CC2)C2CC2)c1CC. The lowest BCUT2D eigenvalue weighted by atomic mass is 10.1. The Hall–Kier alpha value is -1.32. The molecule has 1 aromatic heterocycles. The summed E-state index contributed by atoms with van der Waals surface area (Å²) < 4.78 is 0. The third kappa shape index (κ3) is 2.82. The standard InChI is InChI=1S/C15H24N4/c1-3-12-14(16-4-2)17-9-18-15(12)19-13(10-5-6-10)11-7-8-11/h9-11,13H,3-8H2,1-2H3,(H2,16,17,18,19). The number of hydrogen-bond acceptors (Lipinski definition) is 4. The molecule has 0 bridgehead atoms. The molecule has 0 aromatic carbocycles. The van der Waals surface area contributed by atoms with Crippen LogP contribution in [-0.4, -0.2) is 22.6 Å². The Morgan fingerprint density at radius 3 is 2.26 bits per heavy atom. The molecular formula is C15H24N4. The van der Waals surface area contributed by atoms with Crippen LogP contribution in [0.3, 0.4) is 0 Å². The van der Waals surface area contributed by atoms with E-state index in [1.807, 2.05) is 0 Å². The molecule has 0 radical (unpaired) electrons. The molecule has 1 heterocycles. The lowest BCUT2D eigenvalue weighted by Crippen LogP contribution is -2.26. The van der Waals surface area contributed by atoms with Gasteiger partial charge in [0.1, 0.15) is 18.0 Å². The zero-order valence-corrected chi connectivity index (χ0v) is 11.9. The fourth-order valence-corrected chi connectivity index (χ4v) is 2.88. The molecule has 2 N–H and O–H groups in total. The van der Waals surface area contributed by atoms with Crippen LogP contribution in [0.25, 0.3) is 0 Å². The van der Waals surface area contributed by atoms with Crippen molar-refractivity contribution in [2.45, 2.75) is 52.0 Å². The highest BCUT2D eigenvalue weighted by Gasteiger charge is 2.41. The maximum Gasteiger partial charge on any atom is 0.134 e.